The lowest BCUT2D eigenvalue weighted by molar-refractivity contribution is -0.128. The minimum absolute atomic E-state index is 0.00653. The van der Waals surface area contributed by atoms with E-state index in [-0.39, 0.29) is 17.5 Å². The Morgan fingerprint density at radius 3 is 2.66 bits per heavy atom. The molecule has 1 fully saturated rings. The highest BCUT2D eigenvalue weighted by molar-refractivity contribution is 5.87. The summed E-state index contributed by atoms with van der Waals surface area (Å²) in [5, 5.41) is 19.3. The van der Waals surface area contributed by atoms with Crippen molar-refractivity contribution in [2.24, 2.45) is 0 Å². The van der Waals surface area contributed by atoms with Crippen LogP contribution in [0.2, 0.25) is 0 Å². The number of benzene rings is 2. The van der Waals surface area contributed by atoms with E-state index in [2.05, 4.69) is 6.07 Å². The molecule has 5 heteroatoms. The summed E-state index contributed by atoms with van der Waals surface area (Å²) in [4.78, 5) is 25.1. The molecule has 0 aliphatic carbocycles. The van der Waals surface area contributed by atoms with Gasteiger partial charge in [-0.1, -0.05) is 54.1 Å². The van der Waals surface area contributed by atoms with Gasteiger partial charge < -0.3 is 15.1 Å². The van der Waals surface area contributed by atoms with Gasteiger partial charge in [0.05, 0.1) is 17.7 Å². The van der Waals surface area contributed by atoms with E-state index in [1.165, 1.54) is 5.56 Å². The first-order valence-electron chi connectivity index (χ1n) is 9.96. The second kappa shape index (κ2) is 9.52. The standard InChI is InChI=1S/C24H27NO4/c1-17-3-2-4-19(15-17)16-22(26)11-9-21-10-12-23(27)25(21)14-13-18-5-7-20(8-6-18)24(28)29/h2-9,11,15,21-22,26H,10,12-14,16H2,1H3,(H,28,29)/b11-9+. The van der Waals surface area contributed by atoms with Crippen molar-refractivity contribution in [3.63, 3.8) is 0 Å². The Bertz CT molecular complexity index is 888. The van der Waals surface area contributed by atoms with Crippen molar-refractivity contribution in [2.75, 3.05) is 6.54 Å². The van der Waals surface area contributed by atoms with Crippen molar-refractivity contribution in [1.29, 1.82) is 0 Å². The first-order valence-corrected chi connectivity index (χ1v) is 9.96. The SMILES string of the molecule is Cc1cccc(CC(O)/C=C/C2CCC(=O)N2CCc2ccc(C(=O)O)cc2)c1. The predicted molar refractivity (Wildman–Crippen MR) is 112 cm³/mol. The molecule has 2 aromatic rings. The highest BCUT2D eigenvalue weighted by atomic mass is 16.4. The molecule has 152 valence electrons. The zero-order valence-corrected chi connectivity index (χ0v) is 16.6. The first-order chi connectivity index (χ1) is 13.9. The third kappa shape index (κ3) is 5.78. The Balaban J connectivity index is 1.56. The Kier molecular flexibility index (Phi) is 6.83. The van der Waals surface area contributed by atoms with Gasteiger partial charge >= 0.3 is 5.97 Å². The van der Waals surface area contributed by atoms with E-state index < -0.39 is 12.1 Å². The first kappa shape index (κ1) is 20.8. The Hall–Kier alpha value is -2.92. The van der Waals surface area contributed by atoms with Crippen LogP contribution in [-0.4, -0.2) is 45.7 Å². The third-order valence-electron chi connectivity index (χ3n) is 5.30. The zero-order valence-electron chi connectivity index (χ0n) is 16.6. The molecule has 3 rings (SSSR count). The highest BCUT2D eigenvalue weighted by Crippen LogP contribution is 2.21. The van der Waals surface area contributed by atoms with Crippen molar-refractivity contribution >= 4 is 11.9 Å². The van der Waals surface area contributed by atoms with Crippen LogP contribution in [-0.2, 0) is 17.6 Å². The fraction of sp³-hybridized carbons (Fsp3) is 0.333. The lowest BCUT2D eigenvalue weighted by atomic mass is 10.0. The Labute approximate surface area is 171 Å². The van der Waals surface area contributed by atoms with Gasteiger partial charge in [0, 0.05) is 19.4 Å². The molecule has 0 saturated carbocycles. The number of carboxylic acid groups (broad SMARTS) is 1. The van der Waals surface area contributed by atoms with Crippen molar-refractivity contribution in [3.05, 3.63) is 82.9 Å². The smallest absolute Gasteiger partial charge is 0.335 e. The summed E-state index contributed by atoms with van der Waals surface area (Å²) >= 11 is 0. The van der Waals surface area contributed by atoms with Crippen molar-refractivity contribution in [1.82, 2.24) is 4.90 Å². The van der Waals surface area contributed by atoms with E-state index in [4.69, 9.17) is 5.11 Å². The summed E-state index contributed by atoms with van der Waals surface area (Å²) in [5.74, 6) is -0.823. The number of hydrogen-bond acceptors (Lipinski definition) is 3. The van der Waals surface area contributed by atoms with Crippen LogP contribution in [0.1, 0.15) is 39.9 Å². The molecule has 2 aromatic carbocycles. The maximum Gasteiger partial charge on any atom is 0.335 e. The molecule has 0 aromatic heterocycles. The van der Waals surface area contributed by atoms with E-state index in [1.54, 1.807) is 30.3 Å². The molecular formula is C24H27NO4. The molecule has 1 heterocycles. The van der Waals surface area contributed by atoms with Gasteiger partial charge in [-0.2, -0.15) is 0 Å². The molecule has 0 radical (unpaired) electrons. The molecule has 1 amide bonds. The molecule has 0 bridgehead atoms. The van der Waals surface area contributed by atoms with Gasteiger partial charge in [-0.05, 0) is 43.0 Å². The molecule has 1 saturated heterocycles. The van der Waals surface area contributed by atoms with Crippen LogP contribution in [0.15, 0.2) is 60.7 Å². The minimum Gasteiger partial charge on any atom is -0.478 e. The quantitative estimate of drug-likeness (QED) is 0.674. The van der Waals surface area contributed by atoms with Crippen LogP contribution in [0.3, 0.4) is 0 Å². The number of aromatic carboxylic acids is 1. The maximum atomic E-state index is 12.3. The van der Waals surface area contributed by atoms with Gasteiger partial charge in [0.1, 0.15) is 0 Å². The van der Waals surface area contributed by atoms with E-state index in [0.29, 0.717) is 25.8 Å². The summed E-state index contributed by atoms with van der Waals surface area (Å²) in [5.41, 5.74) is 3.51. The number of aliphatic hydroxyl groups is 1. The van der Waals surface area contributed by atoms with E-state index in [9.17, 15) is 14.7 Å². The largest absolute Gasteiger partial charge is 0.478 e. The number of rotatable bonds is 8. The van der Waals surface area contributed by atoms with Gasteiger partial charge in [-0.15, -0.1) is 0 Å². The summed E-state index contributed by atoms with van der Waals surface area (Å²) in [6, 6.07) is 14.8. The van der Waals surface area contributed by atoms with Crippen molar-refractivity contribution in [2.45, 2.75) is 44.8 Å². The second-order valence-electron chi connectivity index (χ2n) is 7.59. The van der Waals surface area contributed by atoms with Crippen molar-refractivity contribution in [3.8, 4) is 0 Å². The summed E-state index contributed by atoms with van der Waals surface area (Å²) in [6.45, 7) is 2.61. The van der Waals surface area contributed by atoms with Crippen LogP contribution >= 0.6 is 0 Å². The summed E-state index contributed by atoms with van der Waals surface area (Å²) < 4.78 is 0. The number of aryl methyl sites for hydroxylation is 1. The highest BCUT2D eigenvalue weighted by Gasteiger charge is 2.28. The van der Waals surface area contributed by atoms with E-state index in [1.807, 2.05) is 36.1 Å². The lowest BCUT2D eigenvalue weighted by Crippen LogP contribution is -2.33. The topological polar surface area (TPSA) is 77.8 Å². The van der Waals surface area contributed by atoms with Gasteiger partial charge in [-0.25, -0.2) is 4.79 Å². The van der Waals surface area contributed by atoms with Crippen LogP contribution in [0.4, 0.5) is 0 Å². The molecule has 2 atom stereocenters. The summed E-state index contributed by atoms with van der Waals surface area (Å²) in [6.07, 6.45) is 5.64. The fourth-order valence-corrected chi connectivity index (χ4v) is 3.72. The lowest BCUT2D eigenvalue weighted by Gasteiger charge is -2.23. The van der Waals surface area contributed by atoms with Gasteiger partial charge in [-0.3, -0.25) is 4.79 Å². The number of nitrogens with zero attached hydrogens (tertiary/aromatic N) is 1. The normalized spacial score (nSPS) is 17.8. The Morgan fingerprint density at radius 2 is 1.97 bits per heavy atom. The number of hydrogen-bond donors (Lipinski definition) is 2. The Morgan fingerprint density at radius 1 is 1.21 bits per heavy atom. The minimum atomic E-state index is -0.944. The van der Waals surface area contributed by atoms with Gasteiger partial charge in [0.25, 0.3) is 0 Å². The number of aliphatic hydroxyl groups excluding tert-OH is 1. The average Bonchev–Trinajstić information content (AvgIpc) is 3.04. The van der Waals surface area contributed by atoms with Crippen LogP contribution in [0.25, 0.3) is 0 Å². The van der Waals surface area contributed by atoms with Crippen LogP contribution in [0.5, 0.6) is 0 Å². The van der Waals surface area contributed by atoms with E-state index in [0.717, 1.165) is 17.5 Å². The fourth-order valence-electron chi connectivity index (χ4n) is 3.72. The third-order valence-corrected chi connectivity index (χ3v) is 5.30. The molecule has 2 unspecified atom stereocenters. The van der Waals surface area contributed by atoms with Crippen LogP contribution < -0.4 is 0 Å². The molecule has 29 heavy (non-hydrogen) atoms. The van der Waals surface area contributed by atoms with Crippen molar-refractivity contribution < 1.29 is 19.8 Å². The number of carbonyl (C=O) groups excluding carboxylic acids is 1. The molecule has 1 aliphatic heterocycles. The second-order valence-corrected chi connectivity index (χ2v) is 7.59. The van der Waals surface area contributed by atoms with E-state index >= 15 is 0 Å². The summed E-state index contributed by atoms with van der Waals surface area (Å²) in [7, 11) is 0. The molecule has 5 nitrogen and oxygen atoms in total. The predicted octanol–water partition coefficient (Wildman–Crippen LogP) is 3.39. The zero-order chi connectivity index (χ0) is 20.8. The molecule has 2 N–H and O–H groups in total. The number of carbonyl (C=O) groups is 2. The average molecular weight is 393 g/mol. The monoisotopic (exact) mass is 393 g/mol. The van der Waals surface area contributed by atoms with Gasteiger partial charge in [0.2, 0.25) is 5.91 Å². The number of amides is 1. The number of likely N-dealkylation sites (tertiary alicyclic amines) is 1. The molecular weight excluding hydrogens is 366 g/mol. The maximum absolute atomic E-state index is 12.3. The molecule has 1 aliphatic rings. The molecule has 0 spiro atoms. The van der Waals surface area contributed by atoms with Gasteiger partial charge in [0.15, 0.2) is 0 Å². The number of carboxylic acids is 1. The van der Waals surface area contributed by atoms with Crippen LogP contribution in [0, 0.1) is 6.92 Å².